The van der Waals surface area contributed by atoms with E-state index < -0.39 is 0 Å². The summed E-state index contributed by atoms with van der Waals surface area (Å²) in [6.45, 7) is 5.74. The van der Waals surface area contributed by atoms with Crippen LogP contribution in [0.4, 0.5) is 0 Å². The predicted octanol–water partition coefficient (Wildman–Crippen LogP) is 3.55. The van der Waals surface area contributed by atoms with Crippen molar-refractivity contribution >= 4 is 0 Å². The van der Waals surface area contributed by atoms with Gasteiger partial charge in [0.2, 0.25) is 0 Å². The predicted molar refractivity (Wildman–Crippen MR) is 87.0 cm³/mol. The van der Waals surface area contributed by atoms with Crippen molar-refractivity contribution in [3.63, 3.8) is 0 Å². The van der Waals surface area contributed by atoms with Crippen molar-refractivity contribution < 1.29 is 0 Å². The second-order valence-corrected chi connectivity index (χ2v) is 6.22. The van der Waals surface area contributed by atoms with Crippen LogP contribution >= 0.6 is 0 Å². The van der Waals surface area contributed by atoms with E-state index in [1.807, 2.05) is 6.08 Å². The average molecular weight is 272 g/mol. The van der Waals surface area contributed by atoms with Crippen molar-refractivity contribution in [2.75, 3.05) is 20.6 Å². The molecule has 1 aliphatic rings. The lowest BCUT2D eigenvalue weighted by Gasteiger charge is -2.29. The molecule has 0 atom stereocenters. The summed E-state index contributed by atoms with van der Waals surface area (Å²) in [6.07, 6.45) is 7.15. The van der Waals surface area contributed by atoms with Crippen LogP contribution in [0.3, 0.4) is 0 Å². The maximum absolute atomic E-state index is 3.77. The molecule has 0 aromatic heterocycles. The van der Waals surface area contributed by atoms with Gasteiger partial charge in [-0.1, -0.05) is 30.3 Å². The summed E-state index contributed by atoms with van der Waals surface area (Å²) in [7, 11) is 4.23. The summed E-state index contributed by atoms with van der Waals surface area (Å²) in [5.41, 5.74) is 2.93. The average Bonchev–Trinajstić information content (AvgIpc) is 2.46. The Morgan fingerprint density at radius 3 is 2.35 bits per heavy atom. The number of benzene rings is 1. The quantitative estimate of drug-likeness (QED) is 0.797. The van der Waals surface area contributed by atoms with Crippen molar-refractivity contribution in [3.8, 4) is 0 Å². The Hall–Kier alpha value is -1.12. The van der Waals surface area contributed by atoms with Gasteiger partial charge in [0.05, 0.1) is 0 Å². The largest absolute Gasteiger partial charge is 0.311 e. The van der Waals surface area contributed by atoms with Crippen molar-refractivity contribution in [2.45, 2.75) is 44.2 Å². The van der Waals surface area contributed by atoms with E-state index in [1.54, 1.807) is 0 Å². The zero-order chi connectivity index (χ0) is 14.4. The second-order valence-electron chi connectivity index (χ2n) is 6.22. The molecule has 0 heterocycles. The molecule has 0 saturated heterocycles. The Bertz CT molecular complexity index is 400. The maximum atomic E-state index is 3.77. The van der Waals surface area contributed by atoms with E-state index >= 15 is 0 Å². The molecule has 2 heteroatoms. The zero-order valence-electron chi connectivity index (χ0n) is 12.9. The first kappa shape index (κ1) is 15.3. The second kappa shape index (κ2) is 7.61. The number of hydrogen-bond acceptors (Lipinski definition) is 2. The van der Waals surface area contributed by atoms with Gasteiger partial charge in [-0.25, -0.2) is 0 Å². The molecule has 110 valence electrons. The highest BCUT2D eigenvalue weighted by atomic mass is 15.0. The Balaban J connectivity index is 1.85. The molecule has 2 nitrogen and oxygen atoms in total. The lowest BCUT2D eigenvalue weighted by atomic mass is 9.81. The molecule has 0 bridgehead atoms. The van der Waals surface area contributed by atoms with Gasteiger partial charge in [-0.3, -0.25) is 0 Å². The van der Waals surface area contributed by atoms with Crippen LogP contribution in [-0.4, -0.2) is 31.6 Å². The van der Waals surface area contributed by atoms with Gasteiger partial charge in [-0.2, -0.15) is 0 Å². The summed E-state index contributed by atoms with van der Waals surface area (Å²) in [5.74, 6) is 0.755. The fourth-order valence-corrected chi connectivity index (χ4v) is 3.14. The van der Waals surface area contributed by atoms with Gasteiger partial charge in [-0.05, 0) is 56.8 Å². The van der Waals surface area contributed by atoms with Crippen LogP contribution in [0.15, 0.2) is 36.9 Å². The first-order valence-electron chi connectivity index (χ1n) is 7.77. The van der Waals surface area contributed by atoms with Crippen molar-refractivity contribution in [1.82, 2.24) is 10.2 Å². The highest BCUT2D eigenvalue weighted by Gasteiger charge is 2.21. The molecule has 0 unspecified atom stereocenters. The minimum Gasteiger partial charge on any atom is -0.311 e. The third-order valence-corrected chi connectivity index (χ3v) is 4.23. The third-order valence-electron chi connectivity index (χ3n) is 4.23. The molecule has 0 amide bonds. The molecule has 20 heavy (non-hydrogen) atoms. The summed E-state index contributed by atoms with van der Waals surface area (Å²) in [6, 6.07) is 9.94. The van der Waals surface area contributed by atoms with E-state index in [-0.39, 0.29) is 0 Å². The van der Waals surface area contributed by atoms with Crippen LogP contribution in [0.1, 0.15) is 42.7 Å². The van der Waals surface area contributed by atoms with Crippen LogP contribution < -0.4 is 5.32 Å². The fourth-order valence-electron chi connectivity index (χ4n) is 3.14. The SMILES string of the molecule is C=CCNC1CCC(c2ccc(CN(C)C)cc2)CC1. The van der Waals surface area contributed by atoms with Gasteiger partial charge in [-0.15, -0.1) is 6.58 Å². The summed E-state index contributed by atoms with van der Waals surface area (Å²) in [4.78, 5) is 2.21. The first-order chi connectivity index (χ1) is 9.69. The van der Waals surface area contributed by atoms with Crippen molar-refractivity contribution in [2.24, 2.45) is 0 Å². The van der Waals surface area contributed by atoms with E-state index in [0.717, 1.165) is 19.0 Å². The number of rotatable bonds is 6. The molecule has 1 aromatic rings. The highest BCUT2D eigenvalue weighted by Crippen LogP contribution is 2.32. The Kier molecular flexibility index (Phi) is 5.81. The van der Waals surface area contributed by atoms with E-state index in [4.69, 9.17) is 0 Å². The van der Waals surface area contributed by atoms with Gasteiger partial charge in [0.25, 0.3) is 0 Å². The first-order valence-corrected chi connectivity index (χ1v) is 7.77. The lowest BCUT2D eigenvalue weighted by molar-refractivity contribution is 0.351. The van der Waals surface area contributed by atoms with Crippen LogP contribution in [0.2, 0.25) is 0 Å². The monoisotopic (exact) mass is 272 g/mol. The number of nitrogens with zero attached hydrogens (tertiary/aromatic N) is 1. The topological polar surface area (TPSA) is 15.3 Å². The molecule has 1 saturated carbocycles. The molecule has 1 fully saturated rings. The molecule has 1 N–H and O–H groups in total. The van der Waals surface area contributed by atoms with Crippen molar-refractivity contribution in [3.05, 3.63) is 48.0 Å². The van der Waals surface area contributed by atoms with Gasteiger partial charge >= 0.3 is 0 Å². The highest BCUT2D eigenvalue weighted by molar-refractivity contribution is 5.25. The van der Waals surface area contributed by atoms with Crippen LogP contribution in [0.5, 0.6) is 0 Å². The van der Waals surface area contributed by atoms with Gasteiger partial charge in [0, 0.05) is 19.1 Å². The molecule has 2 rings (SSSR count). The smallest absolute Gasteiger partial charge is 0.0227 e. The lowest BCUT2D eigenvalue weighted by Crippen LogP contribution is -2.32. The van der Waals surface area contributed by atoms with E-state index in [0.29, 0.717) is 6.04 Å². The fraction of sp³-hybridized carbons (Fsp3) is 0.556. The minimum absolute atomic E-state index is 0.692. The normalized spacial score (nSPS) is 22.9. The van der Waals surface area contributed by atoms with Gasteiger partial charge in [0.1, 0.15) is 0 Å². The molecule has 1 aliphatic carbocycles. The molecule has 0 spiro atoms. The van der Waals surface area contributed by atoms with Crippen LogP contribution in [-0.2, 0) is 6.54 Å². The Morgan fingerprint density at radius 1 is 1.15 bits per heavy atom. The molecular weight excluding hydrogens is 244 g/mol. The standard InChI is InChI=1S/C18H28N2/c1-4-13-19-18-11-9-17(10-12-18)16-7-5-15(6-8-16)14-20(2)3/h4-8,17-19H,1,9-14H2,2-3H3. The third kappa shape index (κ3) is 4.46. The minimum atomic E-state index is 0.692. The maximum Gasteiger partial charge on any atom is 0.0227 e. The van der Waals surface area contributed by atoms with Crippen LogP contribution in [0.25, 0.3) is 0 Å². The Labute approximate surface area is 123 Å². The van der Waals surface area contributed by atoms with Gasteiger partial charge < -0.3 is 10.2 Å². The summed E-state index contributed by atoms with van der Waals surface area (Å²) < 4.78 is 0. The van der Waals surface area contributed by atoms with Crippen LogP contribution in [0, 0.1) is 0 Å². The molecule has 0 radical (unpaired) electrons. The van der Waals surface area contributed by atoms with Gasteiger partial charge in [0.15, 0.2) is 0 Å². The summed E-state index contributed by atoms with van der Waals surface area (Å²) in [5, 5.41) is 3.55. The van der Waals surface area contributed by atoms with E-state index in [9.17, 15) is 0 Å². The Morgan fingerprint density at radius 2 is 1.80 bits per heavy atom. The van der Waals surface area contributed by atoms with E-state index in [2.05, 4.69) is 55.2 Å². The summed E-state index contributed by atoms with van der Waals surface area (Å²) >= 11 is 0. The molecular formula is C18H28N2. The van der Waals surface area contributed by atoms with E-state index in [1.165, 1.54) is 36.8 Å². The number of nitrogens with one attached hydrogen (secondary N) is 1. The molecule has 1 aromatic carbocycles. The number of hydrogen-bond donors (Lipinski definition) is 1. The molecule has 0 aliphatic heterocycles. The van der Waals surface area contributed by atoms with Crippen molar-refractivity contribution in [1.29, 1.82) is 0 Å². The zero-order valence-corrected chi connectivity index (χ0v) is 12.9.